The van der Waals surface area contributed by atoms with Crippen LogP contribution in [0.3, 0.4) is 0 Å². The first-order valence-electron chi connectivity index (χ1n) is 4.69. The smallest absolute Gasteiger partial charge is 0.158 e. The van der Waals surface area contributed by atoms with Gasteiger partial charge < -0.3 is 9.72 Å². The summed E-state index contributed by atoms with van der Waals surface area (Å²) in [5.74, 6) is 0.851. The standard InChI is InChI=1S/C11H10ClNOS2/c1-14-10-3-2-8(12)4-7(10)5-9-6-13-11(15)16-9/h2-4,6H,5H2,1H3,(H,13,15). The van der Waals surface area contributed by atoms with E-state index in [4.69, 9.17) is 28.6 Å². The van der Waals surface area contributed by atoms with Crippen LogP contribution in [0.4, 0.5) is 0 Å². The lowest BCUT2D eigenvalue weighted by Gasteiger charge is -2.07. The lowest BCUT2D eigenvalue weighted by Crippen LogP contribution is -1.92. The average Bonchev–Trinajstić information content (AvgIpc) is 2.64. The van der Waals surface area contributed by atoms with Crippen molar-refractivity contribution in [2.45, 2.75) is 6.42 Å². The Morgan fingerprint density at radius 3 is 2.94 bits per heavy atom. The van der Waals surface area contributed by atoms with E-state index in [1.165, 1.54) is 4.88 Å². The molecule has 0 spiro atoms. The fraction of sp³-hybridized carbons (Fsp3) is 0.182. The summed E-state index contributed by atoms with van der Waals surface area (Å²) >= 11 is 12.6. The molecule has 0 bridgehead atoms. The summed E-state index contributed by atoms with van der Waals surface area (Å²) in [6.07, 6.45) is 2.70. The Hall–Kier alpha value is -0.840. The maximum atomic E-state index is 5.96. The number of thiazole rings is 1. The second-order valence-corrected chi connectivity index (χ2v) is 5.52. The molecule has 2 aromatic rings. The van der Waals surface area contributed by atoms with Crippen molar-refractivity contribution >= 4 is 35.2 Å². The van der Waals surface area contributed by atoms with E-state index in [1.54, 1.807) is 18.4 Å². The van der Waals surface area contributed by atoms with Crippen LogP contribution in [0.1, 0.15) is 10.4 Å². The van der Waals surface area contributed by atoms with E-state index in [2.05, 4.69) is 4.98 Å². The van der Waals surface area contributed by atoms with Crippen LogP contribution in [0.5, 0.6) is 5.75 Å². The van der Waals surface area contributed by atoms with Crippen molar-refractivity contribution in [2.24, 2.45) is 0 Å². The van der Waals surface area contributed by atoms with E-state index in [9.17, 15) is 0 Å². The van der Waals surface area contributed by atoms with Crippen LogP contribution in [0.15, 0.2) is 24.4 Å². The molecule has 0 unspecified atom stereocenters. The quantitative estimate of drug-likeness (QED) is 0.852. The SMILES string of the molecule is COc1ccc(Cl)cc1Cc1c[nH]c(=S)s1. The molecular formula is C11H10ClNOS2. The van der Waals surface area contributed by atoms with Crippen LogP contribution in [0.25, 0.3) is 0 Å². The molecule has 2 nitrogen and oxygen atoms in total. The number of hydrogen-bond donors (Lipinski definition) is 1. The van der Waals surface area contributed by atoms with E-state index in [1.807, 2.05) is 24.4 Å². The number of aromatic amines is 1. The maximum absolute atomic E-state index is 5.96. The first-order valence-corrected chi connectivity index (χ1v) is 6.29. The van der Waals surface area contributed by atoms with Crippen LogP contribution < -0.4 is 4.74 Å². The summed E-state index contributed by atoms with van der Waals surface area (Å²) in [4.78, 5) is 4.17. The highest BCUT2D eigenvalue weighted by molar-refractivity contribution is 7.73. The monoisotopic (exact) mass is 271 g/mol. The van der Waals surface area contributed by atoms with Crippen molar-refractivity contribution in [2.75, 3.05) is 7.11 Å². The second kappa shape index (κ2) is 4.99. The van der Waals surface area contributed by atoms with Crippen molar-refractivity contribution in [3.8, 4) is 5.75 Å². The van der Waals surface area contributed by atoms with Gasteiger partial charge in [-0.25, -0.2) is 0 Å². The first kappa shape index (κ1) is 11.6. The van der Waals surface area contributed by atoms with Gasteiger partial charge in [0.2, 0.25) is 0 Å². The Morgan fingerprint density at radius 2 is 2.31 bits per heavy atom. The van der Waals surface area contributed by atoms with Crippen LogP contribution in [-0.2, 0) is 6.42 Å². The van der Waals surface area contributed by atoms with Crippen molar-refractivity contribution < 1.29 is 4.74 Å². The Bertz CT molecular complexity index is 547. The number of H-pyrrole nitrogens is 1. The topological polar surface area (TPSA) is 25.0 Å². The predicted octanol–water partition coefficient (Wildman–Crippen LogP) is 4.06. The molecule has 0 aliphatic heterocycles. The number of aromatic nitrogens is 1. The van der Waals surface area contributed by atoms with E-state index in [-0.39, 0.29) is 0 Å². The Balaban J connectivity index is 2.32. The van der Waals surface area contributed by atoms with Gasteiger partial charge in [0.05, 0.1) is 7.11 Å². The van der Waals surface area contributed by atoms with Gasteiger partial charge in [-0.1, -0.05) is 11.6 Å². The van der Waals surface area contributed by atoms with E-state index >= 15 is 0 Å². The lowest BCUT2D eigenvalue weighted by atomic mass is 10.1. The Morgan fingerprint density at radius 1 is 1.50 bits per heavy atom. The second-order valence-electron chi connectivity index (χ2n) is 3.28. The lowest BCUT2D eigenvalue weighted by molar-refractivity contribution is 0.410. The number of rotatable bonds is 3. The van der Waals surface area contributed by atoms with Crippen LogP contribution in [0, 0.1) is 3.95 Å². The third-order valence-electron chi connectivity index (χ3n) is 2.18. The van der Waals surface area contributed by atoms with E-state index < -0.39 is 0 Å². The number of ether oxygens (including phenoxy) is 1. The van der Waals surface area contributed by atoms with E-state index in [0.717, 1.165) is 26.7 Å². The summed E-state index contributed by atoms with van der Waals surface area (Å²) in [5.41, 5.74) is 1.07. The van der Waals surface area contributed by atoms with Gasteiger partial charge in [-0.2, -0.15) is 0 Å². The van der Waals surface area contributed by atoms with Crippen molar-refractivity contribution in [3.63, 3.8) is 0 Å². The third kappa shape index (κ3) is 2.64. The molecule has 0 amide bonds. The summed E-state index contributed by atoms with van der Waals surface area (Å²) in [5, 5.41) is 0.718. The fourth-order valence-corrected chi connectivity index (χ4v) is 2.75. The molecule has 1 aromatic heterocycles. The minimum Gasteiger partial charge on any atom is -0.496 e. The molecule has 0 atom stereocenters. The number of hydrogen-bond acceptors (Lipinski definition) is 3. The largest absolute Gasteiger partial charge is 0.496 e. The highest BCUT2D eigenvalue weighted by Crippen LogP contribution is 2.26. The molecule has 2 rings (SSSR count). The zero-order chi connectivity index (χ0) is 11.5. The number of halogens is 1. The molecule has 0 saturated carbocycles. The average molecular weight is 272 g/mol. The van der Waals surface area contributed by atoms with Gasteiger partial charge in [0, 0.05) is 28.1 Å². The predicted molar refractivity (Wildman–Crippen MR) is 70.3 cm³/mol. The van der Waals surface area contributed by atoms with Gasteiger partial charge >= 0.3 is 0 Å². The van der Waals surface area contributed by atoms with Gasteiger partial charge in [0.1, 0.15) is 5.75 Å². The minimum atomic E-state index is 0.718. The summed E-state index contributed by atoms with van der Waals surface area (Å²) in [6.45, 7) is 0. The fourth-order valence-electron chi connectivity index (χ4n) is 1.48. The van der Waals surface area contributed by atoms with Crippen molar-refractivity contribution in [1.82, 2.24) is 4.98 Å². The van der Waals surface area contributed by atoms with Gasteiger partial charge in [-0.3, -0.25) is 0 Å². The van der Waals surface area contributed by atoms with Crippen LogP contribution >= 0.6 is 35.2 Å². The van der Waals surface area contributed by atoms with E-state index in [0.29, 0.717) is 0 Å². The summed E-state index contributed by atoms with van der Waals surface area (Å²) < 4.78 is 6.08. The van der Waals surface area contributed by atoms with Crippen molar-refractivity contribution in [3.05, 3.63) is 43.8 Å². The molecule has 0 radical (unpaired) electrons. The molecule has 1 N–H and O–H groups in total. The Kier molecular flexibility index (Phi) is 3.63. The number of nitrogens with one attached hydrogen (secondary N) is 1. The molecule has 0 aliphatic rings. The molecule has 0 aliphatic carbocycles. The van der Waals surface area contributed by atoms with Crippen molar-refractivity contribution in [1.29, 1.82) is 0 Å². The van der Waals surface area contributed by atoms with Gasteiger partial charge in [-0.05, 0) is 30.4 Å². The zero-order valence-corrected chi connectivity index (χ0v) is 11.0. The molecule has 1 aromatic carbocycles. The van der Waals surface area contributed by atoms with Gasteiger partial charge in [0.15, 0.2) is 3.95 Å². The van der Waals surface area contributed by atoms with Crippen LogP contribution in [0.2, 0.25) is 5.02 Å². The third-order valence-corrected chi connectivity index (χ3v) is 3.61. The van der Waals surface area contributed by atoms with Crippen LogP contribution in [-0.4, -0.2) is 12.1 Å². The molecule has 0 saturated heterocycles. The first-order chi connectivity index (χ1) is 7.69. The number of methoxy groups -OCH3 is 1. The molecule has 5 heteroatoms. The maximum Gasteiger partial charge on any atom is 0.158 e. The highest BCUT2D eigenvalue weighted by atomic mass is 35.5. The summed E-state index contributed by atoms with van der Waals surface area (Å²) in [6, 6.07) is 5.62. The highest BCUT2D eigenvalue weighted by Gasteiger charge is 2.06. The molecule has 84 valence electrons. The molecule has 1 heterocycles. The van der Waals surface area contributed by atoms with Gasteiger partial charge in [0.25, 0.3) is 0 Å². The molecule has 0 fully saturated rings. The zero-order valence-electron chi connectivity index (χ0n) is 8.62. The molecule has 16 heavy (non-hydrogen) atoms. The normalized spacial score (nSPS) is 10.4. The molecular weight excluding hydrogens is 262 g/mol. The summed E-state index contributed by atoms with van der Waals surface area (Å²) in [7, 11) is 1.66. The van der Waals surface area contributed by atoms with Gasteiger partial charge in [-0.15, -0.1) is 11.3 Å². The Labute approximate surface area is 108 Å². The minimum absolute atomic E-state index is 0.718. The number of benzene rings is 1.